The Morgan fingerprint density at radius 3 is 2.77 bits per heavy atom. The van der Waals surface area contributed by atoms with Crippen molar-refractivity contribution in [2.24, 2.45) is 0 Å². The maximum Gasteiger partial charge on any atom is 0.253 e. The monoisotopic (exact) mass is 319 g/mol. The number of ether oxygens (including phenoxy) is 1. The number of carbonyl (C=O) groups is 1. The molecule has 0 aliphatic rings. The molecule has 0 spiro atoms. The summed E-state index contributed by atoms with van der Waals surface area (Å²) >= 11 is 6.16. The summed E-state index contributed by atoms with van der Waals surface area (Å²) in [6.45, 7) is 2.34. The van der Waals surface area contributed by atoms with Crippen LogP contribution in [0.3, 0.4) is 0 Å². The number of aliphatic hydroxyl groups is 1. The van der Waals surface area contributed by atoms with Crippen molar-refractivity contribution in [3.05, 3.63) is 64.2 Å². The summed E-state index contributed by atoms with van der Waals surface area (Å²) in [7, 11) is 0. The smallest absolute Gasteiger partial charge is 0.253 e. The van der Waals surface area contributed by atoms with Gasteiger partial charge in [-0.15, -0.1) is 0 Å². The first kappa shape index (κ1) is 16.3. The Morgan fingerprint density at radius 1 is 1.23 bits per heavy atom. The fourth-order valence-electron chi connectivity index (χ4n) is 2.04. The molecule has 4 nitrogen and oxygen atoms in total. The number of carbonyl (C=O) groups excluding carboxylic acids is 1. The third-order valence-electron chi connectivity index (χ3n) is 3.20. The van der Waals surface area contributed by atoms with E-state index in [2.05, 4.69) is 5.32 Å². The second-order valence-electron chi connectivity index (χ2n) is 4.80. The number of hydrogen-bond donors (Lipinski definition) is 2. The summed E-state index contributed by atoms with van der Waals surface area (Å²) in [5.74, 6) is 0.415. The van der Waals surface area contributed by atoms with E-state index < -0.39 is 0 Å². The molecule has 0 aliphatic heterocycles. The van der Waals surface area contributed by atoms with Crippen molar-refractivity contribution in [1.29, 1.82) is 0 Å². The van der Waals surface area contributed by atoms with Crippen molar-refractivity contribution >= 4 is 17.5 Å². The third kappa shape index (κ3) is 4.00. The summed E-state index contributed by atoms with van der Waals surface area (Å²) in [4.78, 5) is 12.2. The molecule has 0 atom stereocenters. The first-order chi connectivity index (χ1) is 10.6. The van der Waals surface area contributed by atoms with Gasteiger partial charge in [0.15, 0.2) is 0 Å². The van der Waals surface area contributed by atoms with E-state index in [-0.39, 0.29) is 19.1 Å². The van der Waals surface area contributed by atoms with Crippen LogP contribution in [0.4, 0.5) is 0 Å². The second kappa shape index (κ2) is 7.82. The Kier molecular flexibility index (Phi) is 5.81. The average Bonchev–Trinajstić information content (AvgIpc) is 2.54. The van der Waals surface area contributed by atoms with Gasteiger partial charge in [0.2, 0.25) is 0 Å². The SMILES string of the molecule is Cc1cccc(C(=O)NCc2ccccc2OCCO)c1Cl. The van der Waals surface area contributed by atoms with Crippen LogP contribution >= 0.6 is 11.6 Å². The standard InChI is InChI=1S/C17H18ClNO3/c1-12-5-4-7-14(16(12)18)17(21)19-11-13-6-2-3-8-15(13)22-10-9-20/h2-8,20H,9-11H2,1H3,(H,19,21). The van der Waals surface area contributed by atoms with Crippen LogP contribution in [0, 0.1) is 6.92 Å². The minimum absolute atomic E-state index is 0.0560. The molecule has 5 heteroatoms. The highest BCUT2D eigenvalue weighted by molar-refractivity contribution is 6.34. The molecule has 1 amide bonds. The number of aryl methyl sites for hydroxylation is 1. The van der Waals surface area contributed by atoms with Gasteiger partial charge in [0.05, 0.1) is 17.2 Å². The van der Waals surface area contributed by atoms with Crippen molar-refractivity contribution in [3.63, 3.8) is 0 Å². The van der Waals surface area contributed by atoms with Crippen LogP contribution in [0.25, 0.3) is 0 Å². The number of benzene rings is 2. The van der Waals surface area contributed by atoms with E-state index in [1.54, 1.807) is 18.2 Å². The molecule has 116 valence electrons. The van der Waals surface area contributed by atoms with Crippen LogP contribution in [0.2, 0.25) is 5.02 Å². The molecule has 0 radical (unpaired) electrons. The van der Waals surface area contributed by atoms with E-state index in [4.69, 9.17) is 21.4 Å². The molecule has 0 unspecified atom stereocenters. The Labute approximate surface area is 134 Å². The Balaban J connectivity index is 2.07. The maximum atomic E-state index is 12.2. The Morgan fingerprint density at radius 2 is 2.00 bits per heavy atom. The second-order valence-corrected chi connectivity index (χ2v) is 5.18. The molecule has 2 rings (SSSR count). The van der Waals surface area contributed by atoms with Gasteiger partial charge in [0.25, 0.3) is 5.91 Å². The quantitative estimate of drug-likeness (QED) is 0.860. The lowest BCUT2D eigenvalue weighted by molar-refractivity contribution is 0.0950. The fourth-order valence-corrected chi connectivity index (χ4v) is 2.25. The minimum Gasteiger partial charge on any atom is -0.491 e. The number of para-hydroxylation sites is 1. The molecular formula is C17H18ClNO3. The molecule has 0 saturated heterocycles. The normalized spacial score (nSPS) is 10.3. The number of nitrogens with one attached hydrogen (secondary N) is 1. The van der Waals surface area contributed by atoms with Gasteiger partial charge in [-0.3, -0.25) is 4.79 Å². The topological polar surface area (TPSA) is 58.6 Å². The maximum absolute atomic E-state index is 12.2. The van der Waals surface area contributed by atoms with Crippen LogP contribution in [-0.2, 0) is 6.54 Å². The predicted molar refractivity (Wildman–Crippen MR) is 86.4 cm³/mol. The van der Waals surface area contributed by atoms with Crippen molar-refractivity contribution in [1.82, 2.24) is 5.32 Å². The minimum atomic E-state index is -0.231. The summed E-state index contributed by atoms with van der Waals surface area (Å²) in [6, 6.07) is 12.7. The van der Waals surface area contributed by atoms with Crippen LogP contribution in [0.15, 0.2) is 42.5 Å². The predicted octanol–water partition coefficient (Wildman–Crippen LogP) is 2.95. The van der Waals surface area contributed by atoms with Crippen LogP contribution < -0.4 is 10.1 Å². The highest BCUT2D eigenvalue weighted by atomic mass is 35.5. The zero-order valence-corrected chi connectivity index (χ0v) is 13.1. The zero-order chi connectivity index (χ0) is 15.9. The van der Waals surface area contributed by atoms with Gasteiger partial charge < -0.3 is 15.2 Å². The fraction of sp³-hybridized carbons (Fsp3) is 0.235. The van der Waals surface area contributed by atoms with E-state index in [0.717, 1.165) is 11.1 Å². The summed E-state index contributed by atoms with van der Waals surface area (Å²) < 4.78 is 5.44. The summed E-state index contributed by atoms with van der Waals surface area (Å²) in [5, 5.41) is 12.1. The number of halogens is 1. The highest BCUT2D eigenvalue weighted by Gasteiger charge is 2.12. The largest absolute Gasteiger partial charge is 0.491 e. The number of rotatable bonds is 6. The lowest BCUT2D eigenvalue weighted by Gasteiger charge is -2.12. The van der Waals surface area contributed by atoms with E-state index >= 15 is 0 Å². The lowest BCUT2D eigenvalue weighted by Crippen LogP contribution is -2.23. The van der Waals surface area contributed by atoms with E-state index in [1.807, 2.05) is 31.2 Å². The van der Waals surface area contributed by atoms with Gasteiger partial charge in [-0.05, 0) is 24.6 Å². The van der Waals surface area contributed by atoms with Gasteiger partial charge in [0, 0.05) is 12.1 Å². The Hall–Kier alpha value is -2.04. The number of hydrogen-bond acceptors (Lipinski definition) is 3. The van der Waals surface area contributed by atoms with Crippen LogP contribution in [-0.4, -0.2) is 24.2 Å². The Bertz CT molecular complexity index is 658. The zero-order valence-electron chi connectivity index (χ0n) is 12.3. The van der Waals surface area contributed by atoms with Crippen LogP contribution in [0.1, 0.15) is 21.5 Å². The number of aliphatic hydroxyl groups excluding tert-OH is 1. The molecule has 2 N–H and O–H groups in total. The molecule has 2 aromatic rings. The van der Waals surface area contributed by atoms with Gasteiger partial charge in [-0.2, -0.15) is 0 Å². The summed E-state index contributed by atoms with van der Waals surface area (Å²) in [5.41, 5.74) is 2.16. The summed E-state index contributed by atoms with van der Waals surface area (Å²) in [6.07, 6.45) is 0. The molecule has 2 aromatic carbocycles. The van der Waals surface area contributed by atoms with E-state index in [9.17, 15) is 4.79 Å². The van der Waals surface area contributed by atoms with Crippen molar-refractivity contribution < 1.29 is 14.6 Å². The van der Waals surface area contributed by atoms with Crippen molar-refractivity contribution in [2.45, 2.75) is 13.5 Å². The van der Waals surface area contributed by atoms with Crippen molar-refractivity contribution in [3.8, 4) is 5.75 Å². The molecular weight excluding hydrogens is 302 g/mol. The highest BCUT2D eigenvalue weighted by Crippen LogP contribution is 2.21. The van der Waals surface area contributed by atoms with Gasteiger partial charge in [-0.25, -0.2) is 0 Å². The molecule has 0 bridgehead atoms. The third-order valence-corrected chi connectivity index (χ3v) is 3.70. The average molecular weight is 320 g/mol. The van der Waals surface area contributed by atoms with E-state index in [1.165, 1.54) is 0 Å². The molecule has 0 aromatic heterocycles. The first-order valence-corrected chi connectivity index (χ1v) is 7.36. The molecule has 0 heterocycles. The van der Waals surface area contributed by atoms with Crippen molar-refractivity contribution in [2.75, 3.05) is 13.2 Å². The number of amides is 1. The van der Waals surface area contributed by atoms with Crippen LogP contribution in [0.5, 0.6) is 5.75 Å². The van der Waals surface area contributed by atoms with Gasteiger partial charge >= 0.3 is 0 Å². The van der Waals surface area contributed by atoms with Gasteiger partial charge in [-0.1, -0.05) is 41.9 Å². The van der Waals surface area contributed by atoms with E-state index in [0.29, 0.717) is 22.9 Å². The molecule has 0 aliphatic carbocycles. The first-order valence-electron chi connectivity index (χ1n) is 6.98. The van der Waals surface area contributed by atoms with Gasteiger partial charge in [0.1, 0.15) is 12.4 Å². The molecule has 0 saturated carbocycles. The molecule has 22 heavy (non-hydrogen) atoms. The lowest BCUT2D eigenvalue weighted by atomic mass is 10.1. The molecule has 0 fully saturated rings.